The molecule has 76 valence electrons. The van der Waals surface area contributed by atoms with Crippen molar-refractivity contribution in [3.8, 4) is 0 Å². The van der Waals surface area contributed by atoms with Gasteiger partial charge in [0.2, 0.25) is 0 Å². The second-order valence-corrected chi connectivity index (χ2v) is 4.30. The Morgan fingerprint density at radius 3 is 2.54 bits per heavy atom. The van der Waals surface area contributed by atoms with Crippen molar-refractivity contribution in [2.24, 2.45) is 11.3 Å². The smallest absolute Gasteiger partial charge is 0.309 e. The monoisotopic (exact) mass is 186 g/mol. The molecule has 0 atom stereocenters. The first kappa shape index (κ1) is 10.5. The Morgan fingerprint density at radius 2 is 2.15 bits per heavy atom. The van der Waals surface area contributed by atoms with E-state index in [1.54, 1.807) is 0 Å². The van der Waals surface area contributed by atoms with Crippen LogP contribution in [0.5, 0.6) is 0 Å². The van der Waals surface area contributed by atoms with Gasteiger partial charge in [-0.3, -0.25) is 4.79 Å². The van der Waals surface area contributed by atoms with Crippen LogP contribution in [0.25, 0.3) is 0 Å². The van der Waals surface area contributed by atoms with Gasteiger partial charge in [-0.15, -0.1) is 0 Å². The van der Waals surface area contributed by atoms with E-state index >= 15 is 0 Å². The fourth-order valence-electron chi connectivity index (χ4n) is 1.31. The van der Waals surface area contributed by atoms with Gasteiger partial charge in [-0.2, -0.15) is 0 Å². The lowest BCUT2D eigenvalue weighted by atomic mass is 10.0. The molecule has 0 radical (unpaired) electrons. The van der Waals surface area contributed by atoms with Gasteiger partial charge in [0, 0.05) is 13.2 Å². The lowest BCUT2D eigenvalue weighted by Gasteiger charge is -2.10. The highest BCUT2D eigenvalue weighted by molar-refractivity contribution is 5.77. The number of carbonyl (C=O) groups is 1. The van der Waals surface area contributed by atoms with Crippen molar-refractivity contribution >= 4 is 5.97 Å². The van der Waals surface area contributed by atoms with Crippen LogP contribution < -0.4 is 0 Å². The highest BCUT2D eigenvalue weighted by atomic mass is 16.5. The van der Waals surface area contributed by atoms with Gasteiger partial charge < -0.3 is 9.84 Å². The van der Waals surface area contributed by atoms with Crippen LogP contribution in [0.4, 0.5) is 0 Å². The van der Waals surface area contributed by atoms with Gasteiger partial charge in [-0.05, 0) is 25.2 Å². The third-order valence-corrected chi connectivity index (χ3v) is 2.48. The first-order valence-corrected chi connectivity index (χ1v) is 4.88. The Kier molecular flexibility index (Phi) is 3.31. The number of carboxylic acids is 1. The average Bonchev–Trinajstić information content (AvgIpc) is 2.78. The van der Waals surface area contributed by atoms with Crippen LogP contribution in [0, 0.1) is 11.3 Å². The molecule has 0 aliphatic heterocycles. The number of carboxylic acid groups (broad SMARTS) is 1. The van der Waals surface area contributed by atoms with Crippen molar-refractivity contribution in [1.82, 2.24) is 0 Å². The van der Waals surface area contributed by atoms with E-state index in [0.29, 0.717) is 18.9 Å². The molecule has 13 heavy (non-hydrogen) atoms. The summed E-state index contributed by atoms with van der Waals surface area (Å²) >= 11 is 0. The molecule has 3 nitrogen and oxygen atoms in total. The molecule has 3 heteroatoms. The Labute approximate surface area is 79.1 Å². The van der Waals surface area contributed by atoms with Gasteiger partial charge in [-0.25, -0.2) is 0 Å². The van der Waals surface area contributed by atoms with Crippen LogP contribution in [0.3, 0.4) is 0 Å². The van der Waals surface area contributed by atoms with E-state index in [1.807, 2.05) is 0 Å². The highest BCUT2D eigenvalue weighted by Gasteiger charge is 2.49. The SMILES string of the molecule is CC(C)COCCC1(C(=O)O)CC1. The van der Waals surface area contributed by atoms with E-state index in [9.17, 15) is 4.79 Å². The molecule has 0 unspecified atom stereocenters. The molecular formula is C10H18O3. The minimum absolute atomic E-state index is 0.420. The largest absolute Gasteiger partial charge is 0.481 e. The predicted octanol–water partition coefficient (Wildman–Crippen LogP) is 1.91. The zero-order chi connectivity index (χ0) is 9.90. The standard InChI is InChI=1S/C10H18O3/c1-8(2)7-13-6-5-10(3-4-10)9(11)12/h8H,3-7H2,1-2H3,(H,11,12). The summed E-state index contributed by atoms with van der Waals surface area (Å²) in [6, 6.07) is 0. The van der Waals surface area contributed by atoms with E-state index in [0.717, 1.165) is 19.4 Å². The zero-order valence-electron chi connectivity index (χ0n) is 8.38. The first-order valence-electron chi connectivity index (χ1n) is 4.88. The fourth-order valence-corrected chi connectivity index (χ4v) is 1.31. The summed E-state index contributed by atoms with van der Waals surface area (Å²) in [4.78, 5) is 10.8. The normalized spacial score (nSPS) is 19.0. The lowest BCUT2D eigenvalue weighted by molar-refractivity contribution is -0.144. The molecule has 0 aromatic heterocycles. The van der Waals surface area contributed by atoms with Gasteiger partial charge in [0.15, 0.2) is 0 Å². The second-order valence-electron chi connectivity index (χ2n) is 4.30. The molecule has 0 spiro atoms. The quantitative estimate of drug-likeness (QED) is 0.644. The van der Waals surface area contributed by atoms with Gasteiger partial charge in [-0.1, -0.05) is 13.8 Å². The summed E-state index contributed by atoms with van der Waals surface area (Å²) in [5.74, 6) is -0.124. The van der Waals surface area contributed by atoms with Gasteiger partial charge in [0.05, 0.1) is 5.41 Å². The first-order chi connectivity index (χ1) is 6.07. The van der Waals surface area contributed by atoms with E-state index in [1.165, 1.54) is 0 Å². The zero-order valence-corrected chi connectivity index (χ0v) is 8.38. The topological polar surface area (TPSA) is 46.5 Å². The van der Waals surface area contributed by atoms with Crippen LogP contribution in [-0.2, 0) is 9.53 Å². The number of ether oxygens (including phenoxy) is 1. The van der Waals surface area contributed by atoms with E-state index < -0.39 is 11.4 Å². The van der Waals surface area contributed by atoms with E-state index in [4.69, 9.17) is 9.84 Å². The third-order valence-electron chi connectivity index (χ3n) is 2.48. The molecule has 0 amide bonds. The van der Waals surface area contributed by atoms with Gasteiger partial charge in [0.1, 0.15) is 0 Å². The summed E-state index contributed by atoms with van der Waals surface area (Å²) in [6.45, 7) is 5.49. The van der Waals surface area contributed by atoms with Crippen molar-refractivity contribution in [1.29, 1.82) is 0 Å². The Hall–Kier alpha value is -0.570. The molecule has 0 heterocycles. The Bertz CT molecular complexity index is 183. The molecule has 1 saturated carbocycles. The molecule has 0 aromatic carbocycles. The van der Waals surface area contributed by atoms with Crippen molar-refractivity contribution in [3.05, 3.63) is 0 Å². The van der Waals surface area contributed by atoms with Crippen molar-refractivity contribution < 1.29 is 14.6 Å². The summed E-state index contributed by atoms with van der Waals surface area (Å²) in [5, 5.41) is 8.86. The molecule has 0 saturated heterocycles. The summed E-state index contributed by atoms with van der Waals surface area (Å²) in [6.07, 6.45) is 2.33. The maximum Gasteiger partial charge on any atom is 0.309 e. The molecule has 1 aliphatic carbocycles. The van der Waals surface area contributed by atoms with Crippen LogP contribution in [0.2, 0.25) is 0 Å². The van der Waals surface area contributed by atoms with Crippen molar-refractivity contribution in [3.63, 3.8) is 0 Å². The molecule has 1 fully saturated rings. The van der Waals surface area contributed by atoms with Crippen molar-refractivity contribution in [2.45, 2.75) is 33.1 Å². The van der Waals surface area contributed by atoms with Crippen LogP contribution >= 0.6 is 0 Å². The van der Waals surface area contributed by atoms with Crippen molar-refractivity contribution in [2.75, 3.05) is 13.2 Å². The molecule has 1 N–H and O–H groups in total. The summed E-state index contributed by atoms with van der Waals surface area (Å²) in [5.41, 5.74) is -0.420. The van der Waals surface area contributed by atoms with Crippen LogP contribution in [-0.4, -0.2) is 24.3 Å². The molecule has 1 rings (SSSR count). The Balaban J connectivity index is 2.09. The predicted molar refractivity (Wildman–Crippen MR) is 49.6 cm³/mol. The van der Waals surface area contributed by atoms with Crippen LogP contribution in [0.15, 0.2) is 0 Å². The van der Waals surface area contributed by atoms with E-state index in [2.05, 4.69) is 13.8 Å². The fraction of sp³-hybridized carbons (Fsp3) is 0.900. The lowest BCUT2D eigenvalue weighted by Crippen LogP contribution is -2.17. The maximum absolute atomic E-state index is 10.8. The molecule has 0 aromatic rings. The maximum atomic E-state index is 10.8. The molecule has 1 aliphatic rings. The number of rotatable bonds is 6. The number of hydrogen-bond acceptors (Lipinski definition) is 2. The third kappa shape index (κ3) is 2.99. The minimum Gasteiger partial charge on any atom is -0.481 e. The number of hydrogen-bond donors (Lipinski definition) is 1. The molecular weight excluding hydrogens is 168 g/mol. The van der Waals surface area contributed by atoms with E-state index in [-0.39, 0.29) is 0 Å². The summed E-state index contributed by atoms with van der Waals surface area (Å²) < 4.78 is 5.36. The minimum atomic E-state index is -0.652. The van der Waals surface area contributed by atoms with Crippen LogP contribution in [0.1, 0.15) is 33.1 Å². The highest BCUT2D eigenvalue weighted by Crippen LogP contribution is 2.48. The van der Waals surface area contributed by atoms with Gasteiger partial charge >= 0.3 is 5.97 Å². The second kappa shape index (κ2) is 4.09. The molecule has 0 bridgehead atoms. The summed E-state index contributed by atoms with van der Waals surface area (Å²) in [7, 11) is 0. The number of aliphatic carboxylic acids is 1. The average molecular weight is 186 g/mol. The Morgan fingerprint density at radius 1 is 1.54 bits per heavy atom. The van der Waals surface area contributed by atoms with Gasteiger partial charge in [0.25, 0.3) is 0 Å².